The Morgan fingerprint density at radius 2 is 2.07 bits per heavy atom. The standard InChI is InChI=1S/C17H27N3O5S.ClH/c1-13(21)18-10-14-5-6-15(25-3)16(9-14)26(22,23)20-11-17(12-24-2)7-4-8-19-17;/h5-6,9,19-20H,4,7-8,10-12H2,1-3H3,(H,18,21);1H. The predicted molar refractivity (Wildman–Crippen MR) is 105 cm³/mol. The highest BCUT2D eigenvalue weighted by molar-refractivity contribution is 7.89. The number of rotatable bonds is 9. The number of ether oxygens (including phenoxy) is 2. The molecule has 1 aromatic carbocycles. The molecule has 1 saturated heterocycles. The Labute approximate surface area is 166 Å². The number of benzene rings is 1. The molecule has 1 unspecified atom stereocenters. The van der Waals surface area contributed by atoms with Gasteiger partial charge in [-0.2, -0.15) is 0 Å². The lowest BCUT2D eigenvalue weighted by Gasteiger charge is -2.29. The Bertz CT molecular complexity index is 736. The molecule has 0 saturated carbocycles. The molecule has 0 bridgehead atoms. The normalized spacial score (nSPS) is 19.4. The maximum Gasteiger partial charge on any atom is 0.244 e. The van der Waals surface area contributed by atoms with Crippen LogP contribution >= 0.6 is 12.4 Å². The number of carbonyl (C=O) groups excluding carboxylic acids is 1. The van der Waals surface area contributed by atoms with Crippen LogP contribution in [0.2, 0.25) is 0 Å². The number of carbonyl (C=O) groups is 1. The first kappa shape index (κ1) is 23.6. The van der Waals surface area contributed by atoms with Gasteiger partial charge in [-0.15, -0.1) is 12.4 Å². The van der Waals surface area contributed by atoms with E-state index in [1.54, 1.807) is 19.2 Å². The summed E-state index contributed by atoms with van der Waals surface area (Å²) in [6.07, 6.45) is 1.81. The molecule has 1 atom stereocenters. The van der Waals surface area contributed by atoms with E-state index in [0.717, 1.165) is 19.4 Å². The number of nitrogens with one attached hydrogen (secondary N) is 3. The Morgan fingerprint density at radius 3 is 2.63 bits per heavy atom. The van der Waals surface area contributed by atoms with Gasteiger partial charge in [-0.25, -0.2) is 13.1 Å². The van der Waals surface area contributed by atoms with Crippen LogP contribution in [0, 0.1) is 0 Å². The molecular formula is C17H28ClN3O5S. The van der Waals surface area contributed by atoms with Crippen molar-refractivity contribution in [1.82, 2.24) is 15.4 Å². The van der Waals surface area contributed by atoms with Gasteiger partial charge in [0.05, 0.1) is 19.3 Å². The van der Waals surface area contributed by atoms with Gasteiger partial charge in [0.2, 0.25) is 15.9 Å². The number of hydrogen-bond acceptors (Lipinski definition) is 6. The van der Waals surface area contributed by atoms with Gasteiger partial charge < -0.3 is 20.1 Å². The van der Waals surface area contributed by atoms with E-state index in [2.05, 4.69) is 15.4 Å². The van der Waals surface area contributed by atoms with Gasteiger partial charge in [-0.3, -0.25) is 4.79 Å². The van der Waals surface area contributed by atoms with Crippen LogP contribution in [0.5, 0.6) is 5.75 Å². The molecule has 10 heteroatoms. The summed E-state index contributed by atoms with van der Waals surface area (Å²) in [7, 11) is -0.766. The van der Waals surface area contributed by atoms with Crippen LogP contribution < -0.4 is 20.1 Å². The van der Waals surface area contributed by atoms with E-state index in [-0.39, 0.29) is 42.0 Å². The van der Waals surface area contributed by atoms with Gasteiger partial charge in [0, 0.05) is 27.1 Å². The Morgan fingerprint density at radius 1 is 1.33 bits per heavy atom. The lowest BCUT2D eigenvalue weighted by Crippen LogP contribution is -2.52. The summed E-state index contributed by atoms with van der Waals surface area (Å²) in [5, 5.41) is 5.99. The minimum Gasteiger partial charge on any atom is -0.495 e. The summed E-state index contributed by atoms with van der Waals surface area (Å²) in [4.78, 5) is 11.1. The minimum atomic E-state index is -3.79. The van der Waals surface area contributed by atoms with Crippen LogP contribution in [-0.2, 0) is 26.1 Å². The maximum absolute atomic E-state index is 12.9. The third-order valence-electron chi connectivity index (χ3n) is 4.41. The van der Waals surface area contributed by atoms with Crippen molar-refractivity contribution < 1.29 is 22.7 Å². The van der Waals surface area contributed by atoms with E-state index < -0.39 is 15.6 Å². The van der Waals surface area contributed by atoms with Crippen molar-refractivity contribution in [3.63, 3.8) is 0 Å². The highest BCUT2D eigenvalue weighted by Crippen LogP contribution is 2.26. The second-order valence-corrected chi connectivity index (χ2v) is 8.20. The molecule has 27 heavy (non-hydrogen) atoms. The largest absolute Gasteiger partial charge is 0.495 e. The molecule has 154 valence electrons. The summed E-state index contributed by atoms with van der Waals surface area (Å²) in [6, 6.07) is 4.82. The lowest BCUT2D eigenvalue weighted by molar-refractivity contribution is -0.119. The monoisotopic (exact) mass is 421 g/mol. The first-order chi connectivity index (χ1) is 12.3. The fourth-order valence-electron chi connectivity index (χ4n) is 3.05. The second-order valence-electron chi connectivity index (χ2n) is 6.46. The molecule has 1 aromatic rings. The van der Waals surface area contributed by atoms with Gasteiger partial charge in [-0.05, 0) is 37.1 Å². The van der Waals surface area contributed by atoms with Gasteiger partial charge in [0.15, 0.2) is 0 Å². The fourth-order valence-corrected chi connectivity index (χ4v) is 4.39. The van der Waals surface area contributed by atoms with Crippen LogP contribution in [0.25, 0.3) is 0 Å². The van der Waals surface area contributed by atoms with Crippen LogP contribution in [-0.4, -0.2) is 53.8 Å². The van der Waals surface area contributed by atoms with Crippen LogP contribution in [0.3, 0.4) is 0 Å². The van der Waals surface area contributed by atoms with E-state index in [0.29, 0.717) is 12.2 Å². The van der Waals surface area contributed by atoms with Gasteiger partial charge in [0.1, 0.15) is 10.6 Å². The Balaban J connectivity index is 0.00000364. The first-order valence-electron chi connectivity index (χ1n) is 8.47. The van der Waals surface area contributed by atoms with Crippen molar-refractivity contribution in [3.8, 4) is 5.75 Å². The number of methoxy groups -OCH3 is 2. The average molecular weight is 422 g/mol. The summed E-state index contributed by atoms with van der Waals surface area (Å²) in [5.41, 5.74) is 0.273. The van der Waals surface area contributed by atoms with Crippen molar-refractivity contribution in [3.05, 3.63) is 23.8 Å². The molecule has 0 spiro atoms. The molecule has 1 amide bonds. The van der Waals surface area contributed by atoms with E-state index >= 15 is 0 Å². The van der Waals surface area contributed by atoms with Crippen molar-refractivity contribution in [2.24, 2.45) is 0 Å². The Hall–Kier alpha value is -1.39. The first-order valence-corrected chi connectivity index (χ1v) is 9.95. The number of amides is 1. The third-order valence-corrected chi connectivity index (χ3v) is 5.83. The quantitative estimate of drug-likeness (QED) is 0.544. The SMILES string of the molecule is COCC1(CNS(=O)(=O)c2cc(CNC(C)=O)ccc2OC)CCCN1.Cl. The van der Waals surface area contributed by atoms with Crippen molar-refractivity contribution in [2.45, 2.75) is 36.7 Å². The molecule has 0 aliphatic carbocycles. The number of hydrogen-bond donors (Lipinski definition) is 3. The molecule has 0 aromatic heterocycles. The summed E-state index contributed by atoms with van der Waals surface area (Å²) in [5.74, 6) is 0.0708. The molecule has 3 N–H and O–H groups in total. The number of sulfonamides is 1. The fraction of sp³-hybridized carbons (Fsp3) is 0.588. The highest BCUT2D eigenvalue weighted by atomic mass is 35.5. The zero-order valence-corrected chi connectivity index (χ0v) is 17.5. The van der Waals surface area contributed by atoms with Crippen molar-refractivity contribution in [2.75, 3.05) is 33.9 Å². The van der Waals surface area contributed by atoms with Crippen molar-refractivity contribution >= 4 is 28.3 Å². The van der Waals surface area contributed by atoms with E-state index in [1.165, 1.54) is 20.1 Å². The van der Waals surface area contributed by atoms with Crippen LogP contribution in [0.4, 0.5) is 0 Å². The van der Waals surface area contributed by atoms with Crippen molar-refractivity contribution in [1.29, 1.82) is 0 Å². The van der Waals surface area contributed by atoms with Gasteiger partial charge in [-0.1, -0.05) is 6.07 Å². The van der Waals surface area contributed by atoms with Gasteiger partial charge in [0.25, 0.3) is 0 Å². The second kappa shape index (κ2) is 10.2. The highest BCUT2D eigenvalue weighted by Gasteiger charge is 2.35. The Kier molecular flexibility index (Phi) is 8.97. The molecule has 1 heterocycles. The minimum absolute atomic E-state index is 0. The topological polar surface area (TPSA) is 106 Å². The summed E-state index contributed by atoms with van der Waals surface area (Å²) in [6.45, 7) is 3.14. The molecule has 8 nitrogen and oxygen atoms in total. The third kappa shape index (κ3) is 6.32. The van der Waals surface area contributed by atoms with Crippen LogP contribution in [0.15, 0.2) is 23.1 Å². The zero-order chi connectivity index (χ0) is 19.2. The summed E-state index contributed by atoms with van der Waals surface area (Å²) >= 11 is 0. The van der Waals surface area contributed by atoms with E-state index in [4.69, 9.17) is 9.47 Å². The van der Waals surface area contributed by atoms with Gasteiger partial charge >= 0.3 is 0 Å². The molecule has 1 aliphatic rings. The number of halogens is 1. The molecule has 2 rings (SSSR count). The molecule has 1 aliphatic heterocycles. The zero-order valence-electron chi connectivity index (χ0n) is 15.8. The molecule has 0 radical (unpaired) electrons. The molecule has 1 fully saturated rings. The van der Waals surface area contributed by atoms with E-state index in [9.17, 15) is 13.2 Å². The smallest absolute Gasteiger partial charge is 0.244 e. The predicted octanol–water partition coefficient (Wildman–Crippen LogP) is 0.800. The maximum atomic E-state index is 12.9. The average Bonchev–Trinajstić information content (AvgIpc) is 3.07. The summed E-state index contributed by atoms with van der Waals surface area (Å²) < 4.78 is 38.9. The molecular weight excluding hydrogens is 394 g/mol. The lowest BCUT2D eigenvalue weighted by atomic mass is 9.99. The van der Waals surface area contributed by atoms with E-state index in [1.807, 2.05) is 0 Å². The van der Waals surface area contributed by atoms with Crippen LogP contribution in [0.1, 0.15) is 25.3 Å².